The Bertz CT molecular complexity index is 814. The summed E-state index contributed by atoms with van der Waals surface area (Å²) >= 11 is 3.21. The van der Waals surface area contributed by atoms with E-state index in [1.54, 1.807) is 25.2 Å². The highest BCUT2D eigenvalue weighted by Crippen LogP contribution is 2.20. The zero-order chi connectivity index (χ0) is 17.1. The van der Waals surface area contributed by atoms with Gasteiger partial charge < -0.3 is 9.30 Å². The zero-order valence-corrected chi connectivity index (χ0v) is 14.7. The second-order valence-electron chi connectivity index (χ2n) is 5.15. The number of rotatable bonds is 4. The monoisotopic (exact) mass is 381 g/mol. The summed E-state index contributed by atoms with van der Waals surface area (Å²) in [4.78, 5) is 24.4. The number of aromatic nitrogens is 1. The Morgan fingerprint density at radius 1 is 1.30 bits per heavy atom. The van der Waals surface area contributed by atoms with E-state index in [9.17, 15) is 14.0 Å². The van der Waals surface area contributed by atoms with Crippen LogP contribution in [0.4, 0.5) is 4.39 Å². The van der Waals surface area contributed by atoms with E-state index in [0.29, 0.717) is 27.7 Å². The van der Waals surface area contributed by atoms with E-state index in [-0.39, 0.29) is 17.5 Å². The van der Waals surface area contributed by atoms with Gasteiger partial charge in [-0.2, -0.15) is 0 Å². The summed E-state index contributed by atoms with van der Waals surface area (Å²) in [5.41, 5.74) is 1.45. The summed E-state index contributed by atoms with van der Waals surface area (Å²) in [6, 6.07) is 6.24. The van der Waals surface area contributed by atoms with Crippen LogP contribution in [0.2, 0.25) is 0 Å². The molecule has 0 saturated carbocycles. The molecule has 4 nitrogen and oxygen atoms in total. The standard InChI is InChI=1S/C17H17BrFNO3/c1-4-10-7-13(17(22)23-3)15(20(2)16(10)21)8-11-5-6-12(18)9-14(11)19/h5-7,9H,4,8H2,1-3H3. The van der Waals surface area contributed by atoms with E-state index in [1.807, 2.05) is 6.92 Å². The van der Waals surface area contributed by atoms with Gasteiger partial charge in [0, 0.05) is 29.2 Å². The molecule has 0 aliphatic carbocycles. The van der Waals surface area contributed by atoms with Crippen LogP contribution in [0.1, 0.15) is 34.1 Å². The Morgan fingerprint density at radius 3 is 2.57 bits per heavy atom. The first kappa shape index (κ1) is 17.4. The van der Waals surface area contributed by atoms with Gasteiger partial charge in [0.25, 0.3) is 5.56 Å². The Kier molecular flexibility index (Phi) is 5.36. The van der Waals surface area contributed by atoms with Crippen molar-refractivity contribution in [3.05, 3.63) is 67.3 Å². The Balaban J connectivity index is 2.62. The summed E-state index contributed by atoms with van der Waals surface area (Å²) in [5, 5.41) is 0. The van der Waals surface area contributed by atoms with E-state index in [2.05, 4.69) is 15.9 Å². The molecular formula is C17H17BrFNO3. The first-order valence-corrected chi connectivity index (χ1v) is 7.92. The Morgan fingerprint density at radius 2 is 2.00 bits per heavy atom. The highest BCUT2D eigenvalue weighted by atomic mass is 79.9. The van der Waals surface area contributed by atoms with E-state index < -0.39 is 11.8 Å². The SMILES string of the molecule is CCc1cc(C(=O)OC)c(Cc2ccc(Br)cc2F)n(C)c1=O. The van der Waals surface area contributed by atoms with Gasteiger partial charge in [-0.1, -0.05) is 28.9 Å². The lowest BCUT2D eigenvalue weighted by Gasteiger charge is -2.15. The van der Waals surface area contributed by atoms with Crippen molar-refractivity contribution >= 4 is 21.9 Å². The van der Waals surface area contributed by atoms with E-state index in [0.717, 1.165) is 0 Å². The largest absolute Gasteiger partial charge is 0.465 e. The van der Waals surface area contributed by atoms with E-state index >= 15 is 0 Å². The predicted octanol–water partition coefficient (Wildman–Crippen LogP) is 3.23. The number of carbonyl (C=O) groups excluding carboxylic acids is 1. The Labute approximate surface area is 142 Å². The fourth-order valence-corrected chi connectivity index (χ4v) is 2.77. The first-order chi connectivity index (χ1) is 10.9. The fourth-order valence-electron chi connectivity index (χ4n) is 2.44. The summed E-state index contributed by atoms with van der Waals surface area (Å²) in [6.45, 7) is 1.84. The number of pyridine rings is 1. The molecule has 0 aliphatic heterocycles. The molecule has 1 aromatic heterocycles. The number of halogens is 2. The number of benzene rings is 1. The normalized spacial score (nSPS) is 10.7. The van der Waals surface area contributed by atoms with Gasteiger partial charge >= 0.3 is 5.97 Å². The minimum absolute atomic E-state index is 0.124. The smallest absolute Gasteiger partial charge is 0.339 e. The minimum Gasteiger partial charge on any atom is -0.465 e. The highest BCUT2D eigenvalue weighted by molar-refractivity contribution is 9.10. The third kappa shape index (κ3) is 3.52. The zero-order valence-electron chi connectivity index (χ0n) is 13.2. The molecule has 2 rings (SSSR count). The third-order valence-electron chi connectivity index (χ3n) is 3.77. The molecule has 0 spiro atoms. The number of carbonyl (C=O) groups is 1. The van der Waals surface area contributed by atoms with Crippen LogP contribution in [0.25, 0.3) is 0 Å². The van der Waals surface area contributed by atoms with E-state index in [1.165, 1.54) is 17.7 Å². The molecule has 0 bridgehead atoms. The molecule has 0 fully saturated rings. The quantitative estimate of drug-likeness (QED) is 0.763. The van der Waals surface area contributed by atoms with Crippen molar-refractivity contribution in [3.63, 3.8) is 0 Å². The minimum atomic E-state index is -0.539. The lowest BCUT2D eigenvalue weighted by molar-refractivity contribution is 0.0598. The van der Waals surface area contributed by atoms with Gasteiger partial charge in [0.2, 0.25) is 0 Å². The molecule has 122 valence electrons. The summed E-state index contributed by atoms with van der Waals surface area (Å²) in [6.07, 6.45) is 0.628. The van der Waals surface area contributed by atoms with Crippen LogP contribution < -0.4 is 5.56 Å². The van der Waals surface area contributed by atoms with Crippen LogP contribution >= 0.6 is 15.9 Å². The van der Waals surface area contributed by atoms with Crippen LogP contribution in [-0.2, 0) is 24.6 Å². The van der Waals surface area contributed by atoms with Crippen LogP contribution in [-0.4, -0.2) is 17.6 Å². The fraction of sp³-hybridized carbons (Fsp3) is 0.294. The van der Waals surface area contributed by atoms with Crippen molar-refractivity contribution in [3.8, 4) is 0 Å². The maximum Gasteiger partial charge on any atom is 0.339 e. The van der Waals surface area contributed by atoms with Gasteiger partial charge in [0.15, 0.2) is 0 Å². The number of esters is 1. The molecule has 0 saturated heterocycles. The number of ether oxygens (including phenoxy) is 1. The number of methoxy groups -OCH3 is 1. The molecule has 1 aromatic carbocycles. The van der Waals surface area contributed by atoms with E-state index in [4.69, 9.17) is 4.74 Å². The molecule has 0 unspecified atom stereocenters. The number of aryl methyl sites for hydroxylation is 1. The molecule has 0 atom stereocenters. The number of nitrogens with zero attached hydrogens (tertiary/aromatic N) is 1. The van der Waals surface area contributed by atoms with Gasteiger partial charge in [-0.15, -0.1) is 0 Å². The Hall–Kier alpha value is -1.95. The van der Waals surface area contributed by atoms with Crippen molar-refractivity contribution in [1.29, 1.82) is 0 Å². The van der Waals surface area contributed by atoms with Crippen LogP contribution in [0.3, 0.4) is 0 Å². The molecule has 2 aromatic rings. The third-order valence-corrected chi connectivity index (χ3v) is 4.27. The molecular weight excluding hydrogens is 365 g/mol. The highest BCUT2D eigenvalue weighted by Gasteiger charge is 2.19. The summed E-state index contributed by atoms with van der Waals surface area (Å²) < 4.78 is 20.9. The van der Waals surface area contributed by atoms with Crippen LogP contribution in [0.15, 0.2) is 33.5 Å². The molecule has 0 N–H and O–H groups in total. The van der Waals surface area contributed by atoms with Gasteiger partial charge in [-0.3, -0.25) is 4.79 Å². The molecule has 6 heteroatoms. The van der Waals surface area contributed by atoms with Crippen molar-refractivity contribution in [2.75, 3.05) is 7.11 Å². The number of hydrogen-bond donors (Lipinski definition) is 0. The van der Waals surface area contributed by atoms with Gasteiger partial charge in [-0.05, 0) is 30.2 Å². The van der Waals surface area contributed by atoms with Crippen molar-refractivity contribution < 1.29 is 13.9 Å². The maximum absolute atomic E-state index is 14.1. The van der Waals surface area contributed by atoms with Gasteiger partial charge in [0.05, 0.1) is 12.7 Å². The average Bonchev–Trinajstić information content (AvgIpc) is 2.53. The predicted molar refractivity (Wildman–Crippen MR) is 89.3 cm³/mol. The molecule has 1 heterocycles. The van der Waals surface area contributed by atoms with Crippen molar-refractivity contribution in [2.24, 2.45) is 7.05 Å². The number of hydrogen-bond acceptors (Lipinski definition) is 3. The molecule has 23 heavy (non-hydrogen) atoms. The molecule has 0 radical (unpaired) electrons. The molecule has 0 amide bonds. The van der Waals surface area contributed by atoms with Crippen LogP contribution in [0, 0.1) is 5.82 Å². The molecule has 0 aliphatic rings. The van der Waals surface area contributed by atoms with Crippen molar-refractivity contribution in [1.82, 2.24) is 4.57 Å². The second-order valence-corrected chi connectivity index (χ2v) is 6.07. The first-order valence-electron chi connectivity index (χ1n) is 7.13. The van der Waals surface area contributed by atoms with Gasteiger partial charge in [0.1, 0.15) is 5.82 Å². The van der Waals surface area contributed by atoms with Crippen molar-refractivity contribution in [2.45, 2.75) is 19.8 Å². The average molecular weight is 382 g/mol. The van der Waals surface area contributed by atoms with Gasteiger partial charge in [-0.25, -0.2) is 9.18 Å². The van der Waals surface area contributed by atoms with Crippen LogP contribution in [0.5, 0.6) is 0 Å². The lowest BCUT2D eigenvalue weighted by Crippen LogP contribution is -2.27. The summed E-state index contributed by atoms with van der Waals surface area (Å²) in [5.74, 6) is -0.940. The lowest BCUT2D eigenvalue weighted by atomic mass is 10.0. The second kappa shape index (κ2) is 7.08. The maximum atomic E-state index is 14.1. The summed E-state index contributed by atoms with van der Waals surface area (Å²) in [7, 11) is 2.86. The topological polar surface area (TPSA) is 48.3 Å².